The fourth-order valence-corrected chi connectivity index (χ4v) is 5.00. The van der Waals surface area contributed by atoms with Gasteiger partial charge in [0.05, 0.1) is 0 Å². The first-order valence-corrected chi connectivity index (χ1v) is 11.4. The van der Waals surface area contributed by atoms with Crippen LogP contribution in [0.25, 0.3) is 0 Å². The molecule has 0 saturated carbocycles. The molecule has 6 heteroatoms. The number of fused-ring (bicyclic) bond motifs is 1. The summed E-state index contributed by atoms with van der Waals surface area (Å²) in [5.41, 5.74) is 3.17. The normalized spacial score (nSPS) is 22.0. The maximum atomic E-state index is 13.1. The lowest BCUT2D eigenvalue weighted by atomic mass is 10.0. The van der Waals surface area contributed by atoms with E-state index in [0.717, 1.165) is 74.9 Å². The predicted molar refractivity (Wildman–Crippen MR) is 120 cm³/mol. The second-order valence-electron chi connectivity index (χ2n) is 8.86. The van der Waals surface area contributed by atoms with Gasteiger partial charge in [-0.15, -0.1) is 0 Å². The highest BCUT2D eigenvalue weighted by molar-refractivity contribution is 5.95. The van der Waals surface area contributed by atoms with Gasteiger partial charge in [0, 0.05) is 57.4 Å². The largest absolute Gasteiger partial charge is 0.454 e. The quantitative estimate of drug-likeness (QED) is 0.759. The zero-order chi connectivity index (χ0) is 21.2. The Labute approximate surface area is 184 Å². The van der Waals surface area contributed by atoms with Crippen LogP contribution < -0.4 is 9.47 Å². The minimum Gasteiger partial charge on any atom is -0.454 e. The van der Waals surface area contributed by atoms with Gasteiger partial charge >= 0.3 is 0 Å². The van der Waals surface area contributed by atoms with E-state index < -0.39 is 0 Å². The Morgan fingerprint density at radius 1 is 1.00 bits per heavy atom. The highest BCUT2D eigenvalue weighted by atomic mass is 16.7. The summed E-state index contributed by atoms with van der Waals surface area (Å²) < 4.78 is 10.9. The standard InChI is InChI=1S/C25H31N3O3/c1-19-5-2-3-7-22(19)25(29)28-10-4-6-21(17-28)27-13-11-26(12-14-27)16-20-8-9-23-24(15-20)31-18-30-23/h2-3,5,7-9,15,21H,4,6,10-14,16-18H2,1H3/t21-/m0/s1. The molecule has 2 aromatic carbocycles. The molecule has 6 nitrogen and oxygen atoms in total. The number of amides is 1. The molecule has 0 radical (unpaired) electrons. The predicted octanol–water partition coefficient (Wildman–Crippen LogP) is 3.15. The van der Waals surface area contributed by atoms with Gasteiger partial charge in [-0.25, -0.2) is 0 Å². The molecule has 0 aromatic heterocycles. The maximum Gasteiger partial charge on any atom is 0.254 e. The molecule has 5 rings (SSSR count). The summed E-state index contributed by atoms with van der Waals surface area (Å²) in [6.07, 6.45) is 2.26. The molecule has 3 heterocycles. The minimum atomic E-state index is 0.184. The first-order valence-electron chi connectivity index (χ1n) is 11.4. The molecule has 0 unspecified atom stereocenters. The van der Waals surface area contributed by atoms with Gasteiger partial charge in [0.15, 0.2) is 11.5 Å². The van der Waals surface area contributed by atoms with E-state index in [9.17, 15) is 4.79 Å². The summed E-state index contributed by atoms with van der Waals surface area (Å²) >= 11 is 0. The number of piperazine rings is 1. The third-order valence-electron chi connectivity index (χ3n) is 6.83. The molecule has 3 aliphatic heterocycles. The van der Waals surface area contributed by atoms with Crippen molar-refractivity contribution in [2.24, 2.45) is 0 Å². The van der Waals surface area contributed by atoms with Gasteiger partial charge in [-0.1, -0.05) is 24.3 Å². The monoisotopic (exact) mass is 421 g/mol. The number of hydrogen-bond donors (Lipinski definition) is 0. The van der Waals surface area contributed by atoms with Crippen molar-refractivity contribution >= 4 is 5.91 Å². The first-order chi connectivity index (χ1) is 15.2. The van der Waals surface area contributed by atoms with Gasteiger partial charge in [0.1, 0.15) is 0 Å². The molecule has 1 amide bonds. The van der Waals surface area contributed by atoms with E-state index in [1.165, 1.54) is 12.0 Å². The Morgan fingerprint density at radius 2 is 1.81 bits per heavy atom. The summed E-state index contributed by atoms with van der Waals surface area (Å²) in [5, 5.41) is 0. The zero-order valence-electron chi connectivity index (χ0n) is 18.3. The minimum absolute atomic E-state index is 0.184. The molecule has 0 N–H and O–H groups in total. The van der Waals surface area contributed by atoms with Crippen LogP contribution in [0.5, 0.6) is 11.5 Å². The molecule has 2 fully saturated rings. The van der Waals surface area contributed by atoms with E-state index in [2.05, 4.69) is 26.8 Å². The van der Waals surface area contributed by atoms with Gasteiger partial charge < -0.3 is 14.4 Å². The Kier molecular flexibility index (Phi) is 5.83. The van der Waals surface area contributed by atoms with Gasteiger partial charge in [-0.05, 0) is 49.1 Å². The third kappa shape index (κ3) is 4.41. The van der Waals surface area contributed by atoms with E-state index in [0.29, 0.717) is 12.8 Å². The van der Waals surface area contributed by atoms with Crippen LogP contribution in [0, 0.1) is 6.92 Å². The molecular formula is C25H31N3O3. The fourth-order valence-electron chi connectivity index (χ4n) is 5.00. The summed E-state index contributed by atoms with van der Waals surface area (Å²) in [5.74, 6) is 1.89. The van der Waals surface area contributed by atoms with Crippen LogP contribution in [0.2, 0.25) is 0 Å². The number of likely N-dealkylation sites (tertiary alicyclic amines) is 1. The maximum absolute atomic E-state index is 13.1. The number of ether oxygens (including phenoxy) is 2. The van der Waals surface area contributed by atoms with Crippen molar-refractivity contribution in [1.29, 1.82) is 0 Å². The lowest BCUT2D eigenvalue weighted by Gasteiger charge is -2.43. The Morgan fingerprint density at radius 3 is 2.65 bits per heavy atom. The number of carbonyl (C=O) groups is 1. The van der Waals surface area contributed by atoms with Crippen LogP contribution in [-0.2, 0) is 6.54 Å². The molecular weight excluding hydrogens is 390 g/mol. The Balaban J connectivity index is 1.15. The SMILES string of the molecule is Cc1ccccc1C(=O)N1CCC[C@H](N2CCN(Cc3ccc4c(c3)OCO4)CC2)C1. The van der Waals surface area contributed by atoms with Crippen LogP contribution in [0.15, 0.2) is 42.5 Å². The summed E-state index contributed by atoms with van der Waals surface area (Å²) in [6, 6.07) is 14.6. The number of nitrogens with zero attached hydrogens (tertiary/aromatic N) is 3. The molecule has 31 heavy (non-hydrogen) atoms. The van der Waals surface area contributed by atoms with E-state index in [4.69, 9.17) is 9.47 Å². The molecule has 2 aromatic rings. The van der Waals surface area contributed by atoms with Crippen LogP contribution in [0.3, 0.4) is 0 Å². The number of aryl methyl sites for hydroxylation is 1. The molecule has 0 spiro atoms. The van der Waals surface area contributed by atoms with Crippen molar-refractivity contribution in [3.63, 3.8) is 0 Å². The van der Waals surface area contributed by atoms with Crippen molar-refractivity contribution in [2.75, 3.05) is 46.1 Å². The summed E-state index contributed by atoms with van der Waals surface area (Å²) in [6.45, 7) is 9.21. The van der Waals surface area contributed by atoms with Crippen molar-refractivity contribution < 1.29 is 14.3 Å². The smallest absolute Gasteiger partial charge is 0.254 e. The number of carbonyl (C=O) groups excluding carboxylic acids is 1. The van der Waals surface area contributed by atoms with Gasteiger partial charge in [0.25, 0.3) is 5.91 Å². The van der Waals surface area contributed by atoms with Crippen LogP contribution in [-0.4, -0.2) is 72.7 Å². The molecule has 3 aliphatic rings. The second-order valence-corrected chi connectivity index (χ2v) is 8.86. The summed E-state index contributed by atoms with van der Waals surface area (Å²) in [4.78, 5) is 20.2. The Bertz CT molecular complexity index is 939. The van der Waals surface area contributed by atoms with Crippen molar-refractivity contribution in [1.82, 2.24) is 14.7 Å². The van der Waals surface area contributed by atoms with Gasteiger partial charge in [-0.3, -0.25) is 14.6 Å². The third-order valence-corrected chi connectivity index (χ3v) is 6.83. The van der Waals surface area contributed by atoms with Crippen LogP contribution in [0.1, 0.15) is 34.3 Å². The van der Waals surface area contributed by atoms with Gasteiger partial charge in [-0.2, -0.15) is 0 Å². The van der Waals surface area contributed by atoms with Crippen molar-refractivity contribution in [2.45, 2.75) is 32.4 Å². The van der Waals surface area contributed by atoms with Crippen LogP contribution >= 0.6 is 0 Å². The lowest BCUT2D eigenvalue weighted by Crippen LogP contribution is -2.55. The van der Waals surface area contributed by atoms with Gasteiger partial charge in [0.2, 0.25) is 6.79 Å². The zero-order valence-corrected chi connectivity index (χ0v) is 18.3. The highest BCUT2D eigenvalue weighted by Gasteiger charge is 2.30. The molecule has 1 atom stereocenters. The van der Waals surface area contributed by atoms with E-state index >= 15 is 0 Å². The van der Waals surface area contributed by atoms with Crippen molar-refractivity contribution in [3.8, 4) is 11.5 Å². The fraction of sp³-hybridized carbons (Fsp3) is 0.480. The first kappa shape index (κ1) is 20.3. The molecule has 2 saturated heterocycles. The summed E-state index contributed by atoms with van der Waals surface area (Å²) in [7, 11) is 0. The van der Waals surface area contributed by atoms with E-state index in [1.807, 2.05) is 37.3 Å². The molecule has 0 bridgehead atoms. The molecule has 0 aliphatic carbocycles. The number of hydrogen-bond acceptors (Lipinski definition) is 5. The second kappa shape index (κ2) is 8.89. The number of piperidine rings is 1. The van der Waals surface area contributed by atoms with Crippen LogP contribution in [0.4, 0.5) is 0 Å². The van der Waals surface area contributed by atoms with E-state index in [-0.39, 0.29) is 5.91 Å². The Hall–Kier alpha value is -2.57. The topological polar surface area (TPSA) is 45.3 Å². The average Bonchev–Trinajstić information content (AvgIpc) is 3.27. The average molecular weight is 422 g/mol. The molecule has 164 valence electrons. The van der Waals surface area contributed by atoms with Crippen molar-refractivity contribution in [3.05, 3.63) is 59.2 Å². The highest BCUT2D eigenvalue weighted by Crippen LogP contribution is 2.33. The number of benzene rings is 2. The lowest BCUT2D eigenvalue weighted by molar-refractivity contribution is 0.0407. The van der Waals surface area contributed by atoms with E-state index in [1.54, 1.807) is 0 Å². The number of rotatable bonds is 4.